The van der Waals surface area contributed by atoms with Crippen molar-refractivity contribution in [2.75, 3.05) is 20.0 Å². The number of anilines is 1. The summed E-state index contributed by atoms with van der Waals surface area (Å²) in [4.78, 5) is 8.10. The van der Waals surface area contributed by atoms with Gasteiger partial charge in [0.05, 0.1) is 31.0 Å². The van der Waals surface area contributed by atoms with E-state index in [0.29, 0.717) is 34.0 Å². The first-order chi connectivity index (χ1) is 10.8. The van der Waals surface area contributed by atoms with E-state index in [1.165, 1.54) is 6.33 Å². The van der Waals surface area contributed by atoms with Crippen LogP contribution in [0.15, 0.2) is 41.3 Å². The van der Waals surface area contributed by atoms with Gasteiger partial charge < -0.3 is 19.7 Å². The third-order valence-electron chi connectivity index (χ3n) is 3.21. The number of nitrogens with two attached hydrogens (primary N) is 1. The molecule has 0 radical (unpaired) electrons. The lowest BCUT2D eigenvalue weighted by Crippen LogP contribution is -1.95. The van der Waals surface area contributed by atoms with Crippen LogP contribution in [0, 0.1) is 0 Å². The molecule has 0 spiro atoms. The molecule has 0 fully saturated rings. The second-order valence-electron chi connectivity index (χ2n) is 4.41. The standard InChI is InChI=1S/C15H14N4O3/c1-20-11-5-3-4-9(14(11)21-2)13-12(15(16)22-19-13)10-6-7-17-8-18-10/h3-8H,16H2,1-2H3. The molecule has 2 heterocycles. The number of nitrogen functional groups attached to an aromatic ring is 1. The number of rotatable bonds is 4. The Hall–Kier alpha value is -3.09. The molecule has 112 valence electrons. The summed E-state index contributed by atoms with van der Waals surface area (Å²) in [7, 11) is 3.14. The highest BCUT2D eigenvalue weighted by molar-refractivity contribution is 5.88. The minimum Gasteiger partial charge on any atom is -0.493 e. The van der Waals surface area contributed by atoms with Crippen LogP contribution in [0.3, 0.4) is 0 Å². The minimum absolute atomic E-state index is 0.179. The van der Waals surface area contributed by atoms with Gasteiger partial charge in [0.1, 0.15) is 12.0 Å². The van der Waals surface area contributed by atoms with Crippen LogP contribution in [0.25, 0.3) is 22.5 Å². The summed E-state index contributed by atoms with van der Waals surface area (Å²) < 4.78 is 15.9. The molecular formula is C15H14N4O3. The van der Waals surface area contributed by atoms with Gasteiger partial charge in [0, 0.05) is 6.20 Å². The maximum absolute atomic E-state index is 5.91. The van der Waals surface area contributed by atoms with Gasteiger partial charge >= 0.3 is 0 Å². The maximum atomic E-state index is 5.91. The van der Waals surface area contributed by atoms with E-state index in [2.05, 4.69) is 15.1 Å². The first-order valence-corrected chi connectivity index (χ1v) is 6.49. The van der Waals surface area contributed by atoms with Crippen molar-refractivity contribution in [1.82, 2.24) is 15.1 Å². The van der Waals surface area contributed by atoms with E-state index < -0.39 is 0 Å². The molecular weight excluding hydrogens is 284 g/mol. The Kier molecular flexibility index (Phi) is 3.61. The van der Waals surface area contributed by atoms with Gasteiger partial charge in [-0.25, -0.2) is 9.97 Å². The maximum Gasteiger partial charge on any atom is 0.232 e. The first-order valence-electron chi connectivity index (χ1n) is 6.49. The van der Waals surface area contributed by atoms with Gasteiger partial charge in [-0.3, -0.25) is 0 Å². The first kappa shape index (κ1) is 13.9. The van der Waals surface area contributed by atoms with Crippen LogP contribution in [0.5, 0.6) is 11.5 Å². The SMILES string of the molecule is COc1cccc(-c2noc(N)c2-c2ccncn2)c1OC. The van der Waals surface area contributed by atoms with Gasteiger partial charge in [0.25, 0.3) is 0 Å². The zero-order valence-electron chi connectivity index (χ0n) is 12.1. The second-order valence-corrected chi connectivity index (χ2v) is 4.41. The van der Waals surface area contributed by atoms with Crippen LogP contribution >= 0.6 is 0 Å². The Morgan fingerprint density at radius 1 is 1.14 bits per heavy atom. The number of methoxy groups -OCH3 is 2. The molecule has 22 heavy (non-hydrogen) atoms. The van der Waals surface area contributed by atoms with Gasteiger partial charge in [-0.1, -0.05) is 11.2 Å². The zero-order valence-corrected chi connectivity index (χ0v) is 12.1. The third-order valence-corrected chi connectivity index (χ3v) is 3.21. The van der Waals surface area contributed by atoms with Crippen LogP contribution in [0.4, 0.5) is 5.88 Å². The number of hydrogen-bond acceptors (Lipinski definition) is 7. The van der Waals surface area contributed by atoms with Crippen molar-refractivity contribution in [3.8, 4) is 34.0 Å². The molecule has 2 N–H and O–H groups in total. The van der Waals surface area contributed by atoms with Crippen molar-refractivity contribution in [1.29, 1.82) is 0 Å². The average Bonchev–Trinajstić information content (AvgIpc) is 2.96. The van der Waals surface area contributed by atoms with Gasteiger partial charge in [0.15, 0.2) is 11.5 Å². The number of aromatic nitrogens is 3. The fourth-order valence-corrected chi connectivity index (χ4v) is 2.25. The number of benzene rings is 1. The number of ether oxygens (including phenoxy) is 2. The molecule has 2 aromatic heterocycles. The number of hydrogen-bond donors (Lipinski definition) is 1. The molecule has 3 rings (SSSR count). The molecule has 0 atom stereocenters. The van der Waals surface area contributed by atoms with Crippen molar-refractivity contribution >= 4 is 5.88 Å². The number of nitrogens with zero attached hydrogens (tertiary/aromatic N) is 3. The van der Waals surface area contributed by atoms with Crippen molar-refractivity contribution in [2.45, 2.75) is 0 Å². The molecule has 7 heteroatoms. The predicted octanol–water partition coefficient (Wildman–Crippen LogP) is 2.40. The zero-order chi connectivity index (χ0) is 15.5. The van der Waals surface area contributed by atoms with Gasteiger partial charge in [0.2, 0.25) is 5.88 Å². The molecule has 3 aromatic rings. The quantitative estimate of drug-likeness (QED) is 0.789. The van der Waals surface area contributed by atoms with Gasteiger partial charge in [-0.05, 0) is 18.2 Å². The van der Waals surface area contributed by atoms with Crippen molar-refractivity contribution in [2.24, 2.45) is 0 Å². The lowest BCUT2D eigenvalue weighted by molar-refractivity contribution is 0.355. The summed E-state index contributed by atoms with van der Waals surface area (Å²) in [6, 6.07) is 7.23. The highest BCUT2D eigenvalue weighted by Gasteiger charge is 2.22. The highest BCUT2D eigenvalue weighted by atomic mass is 16.5. The molecule has 1 aromatic carbocycles. The van der Waals surface area contributed by atoms with Crippen LogP contribution in [0.2, 0.25) is 0 Å². The van der Waals surface area contributed by atoms with E-state index in [9.17, 15) is 0 Å². The Morgan fingerprint density at radius 3 is 2.68 bits per heavy atom. The summed E-state index contributed by atoms with van der Waals surface area (Å²) in [5, 5.41) is 4.05. The van der Waals surface area contributed by atoms with Gasteiger partial charge in [-0.15, -0.1) is 0 Å². The van der Waals surface area contributed by atoms with Crippen LogP contribution in [0.1, 0.15) is 0 Å². The second kappa shape index (κ2) is 5.72. The molecule has 0 saturated carbocycles. The fourth-order valence-electron chi connectivity index (χ4n) is 2.25. The Labute approximate surface area is 126 Å². The average molecular weight is 298 g/mol. The van der Waals surface area contributed by atoms with E-state index in [-0.39, 0.29) is 5.88 Å². The predicted molar refractivity (Wildman–Crippen MR) is 80.5 cm³/mol. The van der Waals surface area contributed by atoms with Crippen molar-refractivity contribution in [3.63, 3.8) is 0 Å². The molecule has 0 bridgehead atoms. The largest absolute Gasteiger partial charge is 0.493 e. The van der Waals surface area contributed by atoms with E-state index in [4.69, 9.17) is 19.7 Å². The number of para-hydroxylation sites is 1. The summed E-state index contributed by atoms with van der Waals surface area (Å²) in [6.07, 6.45) is 3.07. The van der Waals surface area contributed by atoms with E-state index in [1.54, 1.807) is 32.5 Å². The molecule has 0 aliphatic carbocycles. The summed E-state index contributed by atoms with van der Waals surface area (Å²) >= 11 is 0. The smallest absolute Gasteiger partial charge is 0.232 e. The van der Waals surface area contributed by atoms with E-state index in [0.717, 1.165) is 0 Å². The highest BCUT2D eigenvalue weighted by Crippen LogP contribution is 2.42. The molecule has 0 unspecified atom stereocenters. The molecule has 0 saturated heterocycles. The van der Waals surface area contributed by atoms with E-state index in [1.807, 2.05) is 12.1 Å². The molecule has 7 nitrogen and oxygen atoms in total. The summed E-state index contributed by atoms with van der Waals surface area (Å²) in [6.45, 7) is 0. The van der Waals surface area contributed by atoms with Crippen molar-refractivity contribution < 1.29 is 14.0 Å². The normalized spacial score (nSPS) is 10.5. The molecule has 0 aliphatic heterocycles. The lowest BCUT2D eigenvalue weighted by Gasteiger charge is -2.11. The monoisotopic (exact) mass is 298 g/mol. The Balaban J connectivity index is 2.23. The lowest BCUT2D eigenvalue weighted by atomic mass is 10.0. The fraction of sp³-hybridized carbons (Fsp3) is 0.133. The molecule has 0 amide bonds. The summed E-state index contributed by atoms with van der Waals surface area (Å²) in [5.74, 6) is 1.32. The third kappa shape index (κ3) is 2.22. The minimum atomic E-state index is 0.179. The van der Waals surface area contributed by atoms with Crippen LogP contribution < -0.4 is 15.2 Å². The Morgan fingerprint density at radius 2 is 2.00 bits per heavy atom. The molecule has 0 aliphatic rings. The van der Waals surface area contributed by atoms with E-state index >= 15 is 0 Å². The summed E-state index contributed by atoms with van der Waals surface area (Å²) in [5.41, 5.74) is 8.36. The topological polar surface area (TPSA) is 96.3 Å². The van der Waals surface area contributed by atoms with Crippen LogP contribution in [-0.4, -0.2) is 29.3 Å². The van der Waals surface area contributed by atoms with Crippen molar-refractivity contribution in [3.05, 3.63) is 36.8 Å². The van der Waals surface area contributed by atoms with Crippen LogP contribution in [-0.2, 0) is 0 Å². The Bertz CT molecular complexity index is 787. The van der Waals surface area contributed by atoms with Gasteiger partial charge in [-0.2, -0.15) is 0 Å².